The van der Waals surface area contributed by atoms with Gasteiger partial charge in [0.1, 0.15) is 0 Å². The van der Waals surface area contributed by atoms with Gasteiger partial charge >= 0.3 is 0 Å². The van der Waals surface area contributed by atoms with Crippen molar-refractivity contribution in [3.05, 3.63) is 23.9 Å². The first-order valence-electron chi connectivity index (χ1n) is 7.51. The average Bonchev–Trinajstić information content (AvgIpc) is 3.06. The summed E-state index contributed by atoms with van der Waals surface area (Å²) in [5, 5.41) is -0.454. The smallest absolute Gasteiger partial charge is 0.255 e. The van der Waals surface area contributed by atoms with Gasteiger partial charge in [-0.3, -0.25) is 4.79 Å². The second-order valence-electron chi connectivity index (χ2n) is 6.36. The summed E-state index contributed by atoms with van der Waals surface area (Å²) in [5.74, 6) is 0.420. The molecular weight excluding hydrogens is 318 g/mol. The number of ether oxygens (including phenoxy) is 1. The Balaban J connectivity index is 1.80. The zero-order chi connectivity index (χ0) is 16.8. The van der Waals surface area contributed by atoms with E-state index in [1.807, 2.05) is 19.0 Å². The van der Waals surface area contributed by atoms with Crippen LogP contribution in [0.5, 0.6) is 5.88 Å². The maximum Gasteiger partial charge on any atom is 0.255 e. The van der Waals surface area contributed by atoms with Gasteiger partial charge in [-0.2, -0.15) is 0 Å². The Hall–Kier alpha value is -1.67. The number of sulfone groups is 1. The molecule has 0 aliphatic carbocycles. The van der Waals surface area contributed by atoms with E-state index < -0.39 is 15.1 Å². The first-order chi connectivity index (χ1) is 10.8. The Morgan fingerprint density at radius 1 is 1.35 bits per heavy atom. The highest BCUT2D eigenvalue weighted by molar-refractivity contribution is 7.92. The van der Waals surface area contributed by atoms with Crippen LogP contribution in [0.15, 0.2) is 18.3 Å². The lowest BCUT2D eigenvalue weighted by Crippen LogP contribution is -2.38. The molecule has 2 fully saturated rings. The van der Waals surface area contributed by atoms with Gasteiger partial charge < -0.3 is 14.5 Å². The molecule has 0 bridgehead atoms. The van der Waals surface area contributed by atoms with Crippen molar-refractivity contribution < 1.29 is 17.9 Å². The van der Waals surface area contributed by atoms with Crippen molar-refractivity contribution in [2.45, 2.75) is 11.3 Å². The van der Waals surface area contributed by atoms with Crippen LogP contribution in [-0.4, -0.2) is 80.4 Å². The van der Waals surface area contributed by atoms with E-state index in [0.717, 1.165) is 0 Å². The number of methoxy groups -OCH3 is 1. The third-order valence-electron chi connectivity index (χ3n) is 4.81. The third kappa shape index (κ3) is 2.81. The minimum atomic E-state index is -3.15. The normalized spacial score (nSPS) is 28.9. The van der Waals surface area contributed by atoms with Crippen molar-refractivity contribution >= 4 is 15.7 Å². The summed E-state index contributed by atoms with van der Waals surface area (Å²) in [5.41, 5.74) is 0.449. The molecule has 0 aromatic carbocycles. The monoisotopic (exact) mass is 339 g/mol. The quantitative estimate of drug-likeness (QED) is 0.764. The van der Waals surface area contributed by atoms with Crippen LogP contribution in [0.1, 0.15) is 10.4 Å². The van der Waals surface area contributed by atoms with Crippen LogP contribution < -0.4 is 4.74 Å². The second kappa shape index (κ2) is 5.76. The van der Waals surface area contributed by atoms with Gasteiger partial charge in [-0.15, -0.1) is 0 Å². The number of nitrogens with zero attached hydrogens (tertiary/aromatic N) is 3. The minimum absolute atomic E-state index is 0.0230. The number of aromatic nitrogens is 1. The van der Waals surface area contributed by atoms with Crippen LogP contribution in [-0.2, 0) is 9.84 Å². The van der Waals surface area contributed by atoms with E-state index in [-0.39, 0.29) is 30.2 Å². The molecule has 7 nitrogen and oxygen atoms in total. The third-order valence-corrected chi connectivity index (χ3v) is 7.04. The number of pyridine rings is 1. The van der Waals surface area contributed by atoms with Crippen molar-refractivity contribution in [2.75, 3.05) is 40.0 Å². The van der Waals surface area contributed by atoms with Gasteiger partial charge in [-0.25, -0.2) is 13.4 Å². The number of amides is 1. The zero-order valence-corrected chi connectivity index (χ0v) is 14.3. The summed E-state index contributed by atoms with van der Waals surface area (Å²) in [6, 6.07) is 3.25. The van der Waals surface area contributed by atoms with Crippen LogP contribution in [0.2, 0.25) is 0 Å². The lowest BCUT2D eigenvalue weighted by atomic mass is 10.00. The molecule has 0 spiro atoms. The summed E-state index contributed by atoms with van der Waals surface area (Å²) < 4.78 is 29.7. The molecule has 3 heterocycles. The lowest BCUT2D eigenvalue weighted by molar-refractivity contribution is 0.0779. The van der Waals surface area contributed by atoms with E-state index >= 15 is 0 Å². The van der Waals surface area contributed by atoms with Crippen molar-refractivity contribution in [2.24, 2.45) is 5.92 Å². The average molecular weight is 339 g/mol. The fourth-order valence-electron chi connectivity index (χ4n) is 3.54. The predicted molar refractivity (Wildman–Crippen MR) is 85.2 cm³/mol. The van der Waals surface area contributed by atoms with Crippen molar-refractivity contribution in [3.63, 3.8) is 0 Å². The molecule has 1 aromatic rings. The summed E-state index contributed by atoms with van der Waals surface area (Å²) >= 11 is 0. The first kappa shape index (κ1) is 16.2. The van der Waals surface area contributed by atoms with Gasteiger partial charge in [0.15, 0.2) is 9.84 Å². The summed E-state index contributed by atoms with van der Waals surface area (Å²) in [7, 11) is 2.14. The molecule has 0 N–H and O–H groups in total. The summed E-state index contributed by atoms with van der Waals surface area (Å²) in [4.78, 5) is 20.2. The highest BCUT2D eigenvalue weighted by Crippen LogP contribution is 2.36. The summed E-state index contributed by atoms with van der Waals surface area (Å²) in [6.07, 6.45) is 1.47. The van der Waals surface area contributed by atoms with Crippen LogP contribution >= 0.6 is 0 Å². The predicted octanol–water partition coefficient (Wildman–Crippen LogP) is -0.111. The molecule has 3 rings (SSSR count). The van der Waals surface area contributed by atoms with Gasteiger partial charge in [0.25, 0.3) is 5.91 Å². The van der Waals surface area contributed by atoms with Crippen LogP contribution in [0.25, 0.3) is 0 Å². The molecule has 0 unspecified atom stereocenters. The highest BCUT2D eigenvalue weighted by atomic mass is 32.2. The molecule has 1 amide bonds. The Bertz CT molecular complexity index is 702. The molecular formula is C15H21N3O4S. The SMILES string of the molecule is COc1ccc(C(=O)N2C[C@H]3[C@H](N(C)C)CS(=O)(=O)[C@H]3C2)cn1. The molecule has 126 valence electrons. The fraction of sp³-hybridized carbons (Fsp3) is 0.600. The van der Waals surface area contributed by atoms with Gasteiger partial charge in [0.05, 0.1) is 23.7 Å². The molecule has 2 aliphatic heterocycles. The number of carbonyl (C=O) groups is 1. The van der Waals surface area contributed by atoms with Crippen LogP contribution in [0.3, 0.4) is 0 Å². The van der Waals surface area contributed by atoms with Crippen LogP contribution in [0, 0.1) is 5.92 Å². The topological polar surface area (TPSA) is 79.8 Å². The molecule has 3 atom stereocenters. The van der Waals surface area contributed by atoms with Crippen molar-refractivity contribution in [3.8, 4) is 5.88 Å². The number of rotatable bonds is 3. The Morgan fingerprint density at radius 3 is 2.65 bits per heavy atom. The van der Waals surface area contributed by atoms with Crippen molar-refractivity contribution in [1.29, 1.82) is 0 Å². The second-order valence-corrected chi connectivity index (χ2v) is 8.63. The van der Waals surface area contributed by atoms with E-state index in [1.165, 1.54) is 13.3 Å². The number of likely N-dealkylation sites (tertiary alicyclic amines) is 1. The highest BCUT2D eigenvalue weighted by Gasteiger charge is 2.53. The fourth-order valence-corrected chi connectivity index (χ4v) is 6.02. The van der Waals surface area contributed by atoms with E-state index in [1.54, 1.807) is 17.0 Å². The molecule has 0 radical (unpaired) electrons. The van der Waals surface area contributed by atoms with Crippen molar-refractivity contribution in [1.82, 2.24) is 14.8 Å². The molecule has 1 aromatic heterocycles. The largest absolute Gasteiger partial charge is 0.481 e. The van der Waals surface area contributed by atoms with E-state index in [4.69, 9.17) is 4.74 Å². The van der Waals surface area contributed by atoms with Gasteiger partial charge in [0, 0.05) is 37.3 Å². The number of hydrogen-bond donors (Lipinski definition) is 0. The minimum Gasteiger partial charge on any atom is -0.481 e. The zero-order valence-electron chi connectivity index (χ0n) is 13.5. The summed E-state index contributed by atoms with van der Waals surface area (Å²) in [6.45, 7) is 0.736. The van der Waals surface area contributed by atoms with Gasteiger partial charge in [0.2, 0.25) is 5.88 Å². The molecule has 2 saturated heterocycles. The number of carbonyl (C=O) groups excluding carboxylic acids is 1. The first-order valence-corrected chi connectivity index (χ1v) is 9.22. The van der Waals surface area contributed by atoms with E-state index in [2.05, 4.69) is 4.98 Å². The van der Waals surface area contributed by atoms with E-state index in [9.17, 15) is 13.2 Å². The number of hydrogen-bond acceptors (Lipinski definition) is 6. The number of fused-ring (bicyclic) bond motifs is 1. The van der Waals surface area contributed by atoms with Gasteiger partial charge in [-0.1, -0.05) is 0 Å². The standard InChI is InChI=1S/C15H21N3O4S/c1-17(2)12-9-23(20,21)13-8-18(7-11(12)13)15(19)10-4-5-14(22-3)16-6-10/h4-6,11-13H,7-9H2,1-3H3/t11-,12+,13-/m0/s1. The van der Waals surface area contributed by atoms with E-state index in [0.29, 0.717) is 18.0 Å². The lowest BCUT2D eigenvalue weighted by Gasteiger charge is -2.25. The maximum absolute atomic E-state index is 12.6. The molecule has 0 saturated carbocycles. The molecule has 8 heteroatoms. The van der Waals surface area contributed by atoms with Gasteiger partial charge in [-0.05, 0) is 20.2 Å². The maximum atomic E-state index is 12.6. The van der Waals surface area contributed by atoms with Crippen LogP contribution in [0.4, 0.5) is 0 Å². The molecule has 23 heavy (non-hydrogen) atoms. The Labute approximate surface area is 136 Å². The molecule has 2 aliphatic rings. The Kier molecular flexibility index (Phi) is 4.05. The Morgan fingerprint density at radius 2 is 2.09 bits per heavy atom.